The maximum absolute atomic E-state index is 5.63. The molecule has 1 saturated heterocycles. The Bertz CT molecular complexity index is 342. The van der Waals surface area contributed by atoms with E-state index < -0.39 is 0 Å². The first-order valence-electron chi connectivity index (χ1n) is 6.98. The van der Waals surface area contributed by atoms with Crippen molar-refractivity contribution < 1.29 is 4.74 Å². The molecule has 0 spiro atoms. The van der Waals surface area contributed by atoms with E-state index in [2.05, 4.69) is 22.6 Å². The Balaban J connectivity index is 1.78. The van der Waals surface area contributed by atoms with Gasteiger partial charge in [-0.25, -0.2) is 5.01 Å². The van der Waals surface area contributed by atoms with E-state index in [9.17, 15) is 0 Å². The zero-order valence-electron chi connectivity index (χ0n) is 11.5. The van der Waals surface area contributed by atoms with Gasteiger partial charge in [0.05, 0.1) is 6.10 Å². The fourth-order valence-electron chi connectivity index (χ4n) is 2.21. The molecule has 1 N–H and O–H groups in total. The lowest BCUT2D eigenvalue weighted by Gasteiger charge is -2.27. The molecular weight excluding hydrogens is 224 g/mol. The van der Waals surface area contributed by atoms with E-state index in [-0.39, 0.29) is 6.10 Å². The molecule has 3 heteroatoms. The number of rotatable bonds is 5. The van der Waals surface area contributed by atoms with Crippen molar-refractivity contribution in [3.05, 3.63) is 29.8 Å². The summed E-state index contributed by atoms with van der Waals surface area (Å²) in [5.41, 5.74) is 4.79. The van der Waals surface area contributed by atoms with Crippen LogP contribution in [-0.2, 0) is 6.54 Å². The van der Waals surface area contributed by atoms with Crippen LogP contribution in [0.15, 0.2) is 24.3 Å². The number of hydrogen-bond donors (Lipinski definition) is 1. The summed E-state index contributed by atoms with van der Waals surface area (Å²) in [5.74, 6) is 0.951. The van der Waals surface area contributed by atoms with E-state index >= 15 is 0 Å². The van der Waals surface area contributed by atoms with Gasteiger partial charge in [0.1, 0.15) is 5.75 Å². The predicted molar refractivity (Wildman–Crippen MR) is 74.5 cm³/mol. The second-order valence-electron chi connectivity index (χ2n) is 5.19. The third kappa shape index (κ3) is 4.31. The summed E-state index contributed by atoms with van der Waals surface area (Å²) in [5, 5.41) is 2.34. The normalized spacial score (nSPS) is 17.1. The van der Waals surface area contributed by atoms with Crippen LogP contribution in [0.5, 0.6) is 5.75 Å². The molecular formula is C15H24N2O. The summed E-state index contributed by atoms with van der Waals surface area (Å²) < 4.78 is 5.63. The van der Waals surface area contributed by atoms with Crippen LogP contribution in [0.4, 0.5) is 0 Å². The van der Waals surface area contributed by atoms with Crippen LogP contribution in [0.3, 0.4) is 0 Å². The molecule has 1 heterocycles. The number of piperidine rings is 1. The van der Waals surface area contributed by atoms with Gasteiger partial charge >= 0.3 is 0 Å². The summed E-state index contributed by atoms with van der Waals surface area (Å²) in [4.78, 5) is 0. The monoisotopic (exact) mass is 248 g/mol. The molecule has 0 amide bonds. The summed E-state index contributed by atoms with van der Waals surface area (Å²) in [6.45, 7) is 7.35. The highest BCUT2D eigenvalue weighted by atomic mass is 16.5. The molecule has 2 rings (SSSR count). The number of ether oxygens (including phenoxy) is 1. The Morgan fingerprint density at radius 2 is 1.78 bits per heavy atom. The van der Waals surface area contributed by atoms with E-state index in [4.69, 9.17) is 4.74 Å². The lowest BCUT2D eigenvalue weighted by molar-refractivity contribution is 0.151. The maximum atomic E-state index is 5.63. The largest absolute Gasteiger partial charge is 0.491 e. The van der Waals surface area contributed by atoms with Crippen LogP contribution in [0.25, 0.3) is 0 Å². The van der Waals surface area contributed by atoms with E-state index in [0.717, 1.165) is 12.3 Å². The van der Waals surface area contributed by atoms with Crippen molar-refractivity contribution in [3.63, 3.8) is 0 Å². The molecule has 100 valence electrons. The Morgan fingerprint density at radius 3 is 2.39 bits per heavy atom. The van der Waals surface area contributed by atoms with Gasteiger partial charge in [0.15, 0.2) is 0 Å². The Labute approximate surface area is 110 Å². The Morgan fingerprint density at radius 1 is 1.11 bits per heavy atom. The molecule has 1 aromatic carbocycles. The van der Waals surface area contributed by atoms with Gasteiger partial charge in [0.25, 0.3) is 0 Å². The summed E-state index contributed by atoms with van der Waals surface area (Å²) >= 11 is 0. The second-order valence-corrected chi connectivity index (χ2v) is 5.19. The average molecular weight is 248 g/mol. The third-order valence-electron chi connectivity index (χ3n) is 3.16. The van der Waals surface area contributed by atoms with Crippen molar-refractivity contribution in [2.24, 2.45) is 0 Å². The van der Waals surface area contributed by atoms with Gasteiger partial charge in [0, 0.05) is 19.6 Å². The van der Waals surface area contributed by atoms with Gasteiger partial charge in [-0.05, 0) is 44.4 Å². The van der Waals surface area contributed by atoms with Crippen molar-refractivity contribution in [1.29, 1.82) is 0 Å². The van der Waals surface area contributed by atoms with Crippen molar-refractivity contribution in [2.45, 2.75) is 45.8 Å². The van der Waals surface area contributed by atoms with Crippen LogP contribution in [0, 0.1) is 0 Å². The van der Waals surface area contributed by atoms with Crippen LogP contribution in [0.2, 0.25) is 0 Å². The van der Waals surface area contributed by atoms with E-state index in [1.807, 2.05) is 26.0 Å². The molecule has 0 radical (unpaired) electrons. The number of nitrogens with one attached hydrogen (secondary N) is 1. The second kappa shape index (κ2) is 6.76. The van der Waals surface area contributed by atoms with Gasteiger partial charge in [-0.15, -0.1) is 0 Å². The zero-order valence-corrected chi connectivity index (χ0v) is 11.5. The molecule has 0 bridgehead atoms. The third-order valence-corrected chi connectivity index (χ3v) is 3.16. The highest BCUT2D eigenvalue weighted by Gasteiger charge is 2.08. The van der Waals surface area contributed by atoms with Gasteiger partial charge in [-0.3, -0.25) is 5.43 Å². The first-order valence-corrected chi connectivity index (χ1v) is 6.98. The molecule has 3 nitrogen and oxygen atoms in total. The van der Waals surface area contributed by atoms with Crippen LogP contribution >= 0.6 is 0 Å². The topological polar surface area (TPSA) is 24.5 Å². The molecule has 1 fully saturated rings. The molecule has 1 aromatic rings. The number of benzene rings is 1. The van der Waals surface area contributed by atoms with Crippen molar-refractivity contribution in [3.8, 4) is 5.75 Å². The summed E-state index contributed by atoms with van der Waals surface area (Å²) in [7, 11) is 0. The fraction of sp³-hybridized carbons (Fsp3) is 0.600. The van der Waals surface area contributed by atoms with E-state index in [0.29, 0.717) is 0 Å². The summed E-state index contributed by atoms with van der Waals surface area (Å²) in [6, 6.07) is 8.36. The maximum Gasteiger partial charge on any atom is 0.119 e. The SMILES string of the molecule is CC(C)Oc1ccc(CNN2CCCCC2)cc1. The average Bonchev–Trinajstić information content (AvgIpc) is 2.38. The molecule has 1 aliphatic rings. The molecule has 0 atom stereocenters. The highest BCUT2D eigenvalue weighted by molar-refractivity contribution is 5.27. The first kappa shape index (κ1) is 13.4. The smallest absolute Gasteiger partial charge is 0.119 e. The van der Waals surface area contributed by atoms with Crippen LogP contribution < -0.4 is 10.2 Å². The van der Waals surface area contributed by atoms with Gasteiger partial charge in [-0.1, -0.05) is 18.6 Å². The van der Waals surface area contributed by atoms with Gasteiger partial charge < -0.3 is 4.74 Å². The zero-order chi connectivity index (χ0) is 12.8. The van der Waals surface area contributed by atoms with Gasteiger partial charge in [-0.2, -0.15) is 0 Å². The first-order chi connectivity index (χ1) is 8.74. The fourth-order valence-corrected chi connectivity index (χ4v) is 2.21. The molecule has 0 unspecified atom stereocenters. The molecule has 18 heavy (non-hydrogen) atoms. The number of hydrazine groups is 1. The van der Waals surface area contributed by atoms with Crippen LogP contribution in [0.1, 0.15) is 38.7 Å². The summed E-state index contributed by atoms with van der Waals surface area (Å²) in [6.07, 6.45) is 4.24. The minimum Gasteiger partial charge on any atom is -0.491 e. The number of nitrogens with zero attached hydrogens (tertiary/aromatic N) is 1. The van der Waals surface area contributed by atoms with Crippen molar-refractivity contribution in [2.75, 3.05) is 13.1 Å². The van der Waals surface area contributed by atoms with E-state index in [1.165, 1.54) is 37.9 Å². The lowest BCUT2D eigenvalue weighted by atomic mass is 10.2. The highest BCUT2D eigenvalue weighted by Crippen LogP contribution is 2.14. The Hall–Kier alpha value is -1.06. The lowest BCUT2D eigenvalue weighted by Crippen LogP contribution is -2.41. The van der Waals surface area contributed by atoms with Crippen molar-refractivity contribution >= 4 is 0 Å². The Kier molecular flexibility index (Phi) is 5.02. The minimum absolute atomic E-state index is 0.238. The molecule has 0 aromatic heterocycles. The van der Waals surface area contributed by atoms with Crippen LogP contribution in [-0.4, -0.2) is 24.2 Å². The van der Waals surface area contributed by atoms with E-state index in [1.54, 1.807) is 0 Å². The van der Waals surface area contributed by atoms with Gasteiger partial charge in [0.2, 0.25) is 0 Å². The number of hydrogen-bond acceptors (Lipinski definition) is 3. The molecule has 0 saturated carbocycles. The predicted octanol–water partition coefficient (Wildman–Crippen LogP) is 2.96. The van der Waals surface area contributed by atoms with Crippen molar-refractivity contribution in [1.82, 2.24) is 10.4 Å². The quantitative estimate of drug-likeness (QED) is 0.867. The minimum atomic E-state index is 0.238. The molecule has 1 aliphatic heterocycles. The molecule has 0 aliphatic carbocycles. The standard InChI is InChI=1S/C15H24N2O/c1-13(2)18-15-8-6-14(7-9-15)12-16-17-10-4-3-5-11-17/h6-9,13,16H,3-5,10-12H2,1-2H3.